The Kier molecular flexibility index (Phi) is 4.60. The number of carbonyl (C=O) groups excluding carboxylic acids is 1. The van der Waals surface area contributed by atoms with E-state index in [-0.39, 0.29) is 16.7 Å². The lowest BCUT2D eigenvalue weighted by Gasteiger charge is -2.43. The van der Waals surface area contributed by atoms with E-state index in [1.54, 1.807) is 6.20 Å². The van der Waals surface area contributed by atoms with Crippen LogP contribution in [0.5, 0.6) is 0 Å². The van der Waals surface area contributed by atoms with Gasteiger partial charge in [-0.15, -0.1) is 0 Å². The summed E-state index contributed by atoms with van der Waals surface area (Å²) in [6, 6.07) is 10.2. The van der Waals surface area contributed by atoms with Crippen LogP contribution < -0.4 is 5.73 Å². The van der Waals surface area contributed by atoms with Gasteiger partial charge in [0.15, 0.2) is 5.78 Å². The van der Waals surface area contributed by atoms with Crippen molar-refractivity contribution in [2.45, 2.75) is 64.8 Å². The van der Waals surface area contributed by atoms with Crippen molar-refractivity contribution < 1.29 is 4.79 Å². The third kappa shape index (κ3) is 3.36. The number of rotatable bonds is 3. The molecule has 0 unspecified atom stereocenters. The van der Waals surface area contributed by atoms with Gasteiger partial charge in [0.1, 0.15) is 11.5 Å². The molecule has 0 amide bonds. The molecular formula is C24H29N3O. The first-order valence-electron chi connectivity index (χ1n) is 10.2. The monoisotopic (exact) mass is 375 g/mol. The van der Waals surface area contributed by atoms with Gasteiger partial charge in [-0.25, -0.2) is 0 Å². The van der Waals surface area contributed by atoms with Crippen molar-refractivity contribution in [3.05, 3.63) is 64.5 Å². The van der Waals surface area contributed by atoms with Crippen LogP contribution in [0.2, 0.25) is 0 Å². The molecule has 1 spiro atoms. The van der Waals surface area contributed by atoms with E-state index in [1.165, 1.54) is 11.1 Å². The number of ketones is 1. The zero-order chi connectivity index (χ0) is 19.9. The number of nitrogens with two attached hydrogens (primary N) is 1. The second kappa shape index (κ2) is 6.84. The number of fused-ring (bicyclic) bond motifs is 2. The van der Waals surface area contributed by atoms with Crippen molar-refractivity contribution in [2.24, 2.45) is 16.1 Å². The van der Waals surface area contributed by atoms with Gasteiger partial charge in [0.25, 0.3) is 0 Å². The van der Waals surface area contributed by atoms with Crippen LogP contribution in [0.4, 0.5) is 0 Å². The molecule has 4 heteroatoms. The molecule has 0 fully saturated rings. The molecule has 1 aromatic heterocycles. The van der Waals surface area contributed by atoms with Gasteiger partial charge in [0.05, 0.1) is 5.54 Å². The number of hydrogen-bond donors (Lipinski definition) is 1. The van der Waals surface area contributed by atoms with Crippen molar-refractivity contribution in [1.29, 1.82) is 0 Å². The number of nitrogens with zero attached hydrogens (tertiary/aromatic N) is 2. The molecule has 28 heavy (non-hydrogen) atoms. The summed E-state index contributed by atoms with van der Waals surface area (Å²) < 4.78 is 0. The van der Waals surface area contributed by atoms with Crippen molar-refractivity contribution in [3.63, 3.8) is 0 Å². The fourth-order valence-corrected chi connectivity index (χ4v) is 4.46. The molecular weight excluding hydrogens is 346 g/mol. The van der Waals surface area contributed by atoms with E-state index in [2.05, 4.69) is 37.0 Å². The minimum Gasteiger partial charge on any atom is -0.387 e. The van der Waals surface area contributed by atoms with Crippen molar-refractivity contribution in [2.75, 3.05) is 0 Å². The molecule has 2 aromatic rings. The van der Waals surface area contributed by atoms with E-state index in [4.69, 9.17) is 10.7 Å². The molecule has 1 atom stereocenters. The Morgan fingerprint density at radius 2 is 1.96 bits per heavy atom. The molecule has 0 radical (unpaired) electrons. The largest absolute Gasteiger partial charge is 0.387 e. The predicted octanol–water partition coefficient (Wildman–Crippen LogP) is 4.52. The molecule has 1 aliphatic carbocycles. The molecule has 2 heterocycles. The van der Waals surface area contributed by atoms with Crippen LogP contribution in [-0.2, 0) is 18.4 Å². The molecule has 2 aliphatic rings. The summed E-state index contributed by atoms with van der Waals surface area (Å²) in [6.07, 6.45) is 7.41. The van der Waals surface area contributed by atoms with Gasteiger partial charge in [-0.3, -0.25) is 14.8 Å². The van der Waals surface area contributed by atoms with Gasteiger partial charge >= 0.3 is 0 Å². The number of Topliss-reactive ketones (excluding diaryl/α,β-unsaturated/α-hetero) is 1. The molecule has 0 bridgehead atoms. The fraction of sp³-hybridized carbons (Fsp3) is 0.458. The second-order valence-electron chi connectivity index (χ2n) is 9.08. The van der Waals surface area contributed by atoms with E-state index in [1.807, 2.05) is 19.1 Å². The molecule has 1 aromatic carbocycles. The minimum atomic E-state index is -0.214. The van der Waals surface area contributed by atoms with Gasteiger partial charge < -0.3 is 5.73 Å². The number of carbonyl (C=O) groups is 1. The number of aromatic nitrogens is 1. The highest BCUT2D eigenvalue weighted by Gasteiger charge is 2.42. The fourth-order valence-electron chi connectivity index (χ4n) is 4.46. The summed E-state index contributed by atoms with van der Waals surface area (Å²) in [5.74, 6) is 0.814. The number of aryl methyl sites for hydroxylation is 2. The maximum atomic E-state index is 12.7. The highest BCUT2D eigenvalue weighted by atomic mass is 16.1. The lowest BCUT2D eigenvalue weighted by atomic mass is 9.68. The summed E-state index contributed by atoms with van der Waals surface area (Å²) in [5, 5.41) is 0. The third-order valence-electron chi connectivity index (χ3n) is 6.47. The number of hydrogen-bond acceptors (Lipinski definition) is 4. The smallest absolute Gasteiger partial charge is 0.185 e. The normalized spacial score (nSPS) is 23.2. The minimum absolute atomic E-state index is 0.0342. The van der Waals surface area contributed by atoms with Crippen LogP contribution in [0, 0.1) is 12.3 Å². The van der Waals surface area contributed by atoms with E-state index < -0.39 is 0 Å². The first-order valence-corrected chi connectivity index (χ1v) is 10.2. The molecule has 146 valence electrons. The second-order valence-corrected chi connectivity index (χ2v) is 9.08. The van der Waals surface area contributed by atoms with Crippen LogP contribution in [0.1, 0.15) is 72.3 Å². The highest BCUT2D eigenvalue weighted by Crippen LogP contribution is 2.47. The summed E-state index contributed by atoms with van der Waals surface area (Å²) in [5.41, 5.74) is 11.4. The molecule has 4 nitrogen and oxygen atoms in total. The zero-order valence-corrected chi connectivity index (χ0v) is 17.1. The SMILES string of the molecule is Cc1ccc(C(=O)Cc2ccc3c(c2)[C@]2(CCC3)CCC(C)(C)C(N)=N2)nc1. The Labute approximate surface area is 167 Å². The van der Waals surface area contributed by atoms with Gasteiger partial charge in [0, 0.05) is 18.0 Å². The first kappa shape index (κ1) is 18.9. The van der Waals surface area contributed by atoms with E-state index in [9.17, 15) is 4.79 Å². The van der Waals surface area contributed by atoms with Crippen LogP contribution in [0.25, 0.3) is 0 Å². The lowest BCUT2D eigenvalue weighted by molar-refractivity contribution is 0.0988. The summed E-state index contributed by atoms with van der Waals surface area (Å²) >= 11 is 0. The number of amidine groups is 1. The average molecular weight is 376 g/mol. The molecule has 0 saturated heterocycles. The Balaban J connectivity index is 1.66. The maximum Gasteiger partial charge on any atom is 0.185 e. The zero-order valence-electron chi connectivity index (χ0n) is 17.1. The van der Waals surface area contributed by atoms with Gasteiger partial charge in [-0.2, -0.15) is 0 Å². The topological polar surface area (TPSA) is 68.3 Å². The van der Waals surface area contributed by atoms with Gasteiger partial charge in [0.2, 0.25) is 0 Å². The predicted molar refractivity (Wildman–Crippen MR) is 113 cm³/mol. The van der Waals surface area contributed by atoms with Crippen LogP contribution >= 0.6 is 0 Å². The van der Waals surface area contributed by atoms with Gasteiger partial charge in [-0.1, -0.05) is 38.1 Å². The Hall–Kier alpha value is -2.49. The summed E-state index contributed by atoms with van der Waals surface area (Å²) in [4.78, 5) is 22.0. The third-order valence-corrected chi connectivity index (χ3v) is 6.47. The average Bonchev–Trinajstić information content (AvgIpc) is 2.67. The quantitative estimate of drug-likeness (QED) is 0.802. The van der Waals surface area contributed by atoms with Crippen LogP contribution in [0.15, 0.2) is 41.5 Å². The first-order chi connectivity index (χ1) is 13.3. The standard InChI is InChI=1S/C24H29N3O/c1-16-6-9-20(26-15-16)21(28)14-17-7-8-18-5-4-10-24(19(18)13-17)12-11-23(2,3)22(25)27-24/h6-9,13,15H,4-5,10-12,14H2,1-3H3,(H2,25,27)/t24-/m0/s1. The maximum absolute atomic E-state index is 12.7. The van der Waals surface area contributed by atoms with Crippen molar-refractivity contribution >= 4 is 11.6 Å². The molecule has 1 aliphatic heterocycles. The Morgan fingerprint density at radius 3 is 2.68 bits per heavy atom. The van der Waals surface area contributed by atoms with Crippen LogP contribution in [-0.4, -0.2) is 16.6 Å². The summed E-state index contributed by atoms with van der Waals surface area (Å²) in [6.45, 7) is 6.32. The molecule has 2 N–H and O–H groups in total. The Morgan fingerprint density at radius 1 is 1.14 bits per heavy atom. The highest BCUT2D eigenvalue weighted by molar-refractivity contribution is 5.95. The number of pyridine rings is 1. The number of aliphatic imine (C=N–C) groups is 1. The van der Waals surface area contributed by atoms with Crippen molar-refractivity contribution in [1.82, 2.24) is 4.98 Å². The lowest BCUT2D eigenvalue weighted by Crippen LogP contribution is -2.43. The number of benzene rings is 1. The van der Waals surface area contributed by atoms with Crippen molar-refractivity contribution in [3.8, 4) is 0 Å². The Bertz CT molecular complexity index is 943. The van der Waals surface area contributed by atoms with Crippen LogP contribution in [0.3, 0.4) is 0 Å². The summed E-state index contributed by atoms with van der Waals surface area (Å²) in [7, 11) is 0. The van der Waals surface area contributed by atoms with E-state index in [0.717, 1.165) is 49.1 Å². The van der Waals surface area contributed by atoms with E-state index in [0.29, 0.717) is 12.1 Å². The van der Waals surface area contributed by atoms with E-state index >= 15 is 0 Å². The van der Waals surface area contributed by atoms with Gasteiger partial charge in [-0.05, 0) is 67.3 Å². The molecule has 0 saturated carbocycles. The molecule has 4 rings (SSSR count).